The molecule has 0 bridgehead atoms. The molecule has 1 aliphatic heterocycles. The zero-order chi connectivity index (χ0) is 15.5. The van der Waals surface area contributed by atoms with E-state index < -0.39 is 10.0 Å². The van der Waals surface area contributed by atoms with Gasteiger partial charge in [-0.3, -0.25) is 0 Å². The normalized spacial score (nSPS) is 20.4. The third-order valence-electron chi connectivity index (χ3n) is 3.47. The van der Waals surface area contributed by atoms with Gasteiger partial charge >= 0.3 is 0 Å². The number of rotatable bonds is 5. The Labute approximate surface area is 130 Å². The Morgan fingerprint density at radius 1 is 1.57 bits per heavy atom. The van der Waals surface area contributed by atoms with Crippen molar-refractivity contribution in [3.05, 3.63) is 17.3 Å². The lowest BCUT2D eigenvalue weighted by Crippen LogP contribution is -2.42. The van der Waals surface area contributed by atoms with Gasteiger partial charge in [-0.05, 0) is 25.8 Å². The number of anilines is 1. The molecule has 0 aliphatic carbocycles. The van der Waals surface area contributed by atoms with Gasteiger partial charge in [-0.1, -0.05) is 11.6 Å². The molecule has 21 heavy (non-hydrogen) atoms. The fourth-order valence-corrected chi connectivity index (χ4v) is 4.10. The SMILES string of the molecule is CCNc1ncc(S(=O)(=O)N2CCCC(OC)C2)cc1Cl. The molecule has 1 saturated heterocycles. The van der Waals surface area contributed by atoms with Crippen molar-refractivity contribution in [2.45, 2.75) is 30.8 Å². The van der Waals surface area contributed by atoms with Crippen LogP contribution < -0.4 is 5.32 Å². The monoisotopic (exact) mass is 333 g/mol. The van der Waals surface area contributed by atoms with Crippen LogP contribution in [-0.2, 0) is 14.8 Å². The summed E-state index contributed by atoms with van der Waals surface area (Å²) in [5, 5.41) is 3.28. The molecule has 0 aromatic carbocycles. The van der Waals surface area contributed by atoms with Gasteiger partial charge in [0.25, 0.3) is 0 Å². The Kier molecular flexibility index (Phi) is 5.43. The molecule has 0 spiro atoms. The smallest absolute Gasteiger partial charge is 0.244 e. The van der Waals surface area contributed by atoms with Crippen LogP contribution in [0.1, 0.15) is 19.8 Å². The van der Waals surface area contributed by atoms with E-state index in [1.807, 2.05) is 6.92 Å². The summed E-state index contributed by atoms with van der Waals surface area (Å²) in [6.07, 6.45) is 2.95. The van der Waals surface area contributed by atoms with Crippen molar-refractivity contribution in [1.82, 2.24) is 9.29 Å². The molecule has 1 aliphatic rings. The van der Waals surface area contributed by atoms with Crippen LogP contribution >= 0.6 is 11.6 Å². The zero-order valence-electron chi connectivity index (χ0n) is 12.2. The minimum Gasteiger partial charge on any atom is -0.380 e. The van der Waals surface area contributed by atoms with Crippen molar-refractivity contribution >= 4 is 27.4 Å². The molecule has 118 valence electrons. The predicted molar refractivity (Wildman–Crippen MR) is 82.2 cm³/mol. The molecular weight excluding hydrogens is 314 g/mol. The number of hydrogen-bond donors (Lipinski definition) is 1. The second-order valence-corrected chi connectivity index (χ2v) is 7.24. The number of ether oxygens (including phenoxy) is 1. The van der Waals surface area contributed by atoms with Crippen LogP contribution in [0.15, 0.2) is 17.2 Å². The van der Waals surface area contributed by atoms with Crippen molar-refractivity contribution in [3.8, 4) is 0 Å². The standard InChI is InChI=1S/C13H20ClN3O3S/c1-3-15-13-12(14)7-11(8-16-13)21(18,19)17-6-4-5-10(9-17)20-2/h7-8,10H,3-6,9H2,1-2H3,(H,15,16). The van der Waals surface area contributed by atoms with Gasteiger partial charge in [0.05, 0.1) is 11.1 Å². The Hall–Kier alpha value is -0.890. The maximum Gasteiger partial charge on any atom is 0.244 e. The summed E-state index contributed by atoms with van der Waals surface area (Å²) in [6.45, 7) is 3.45. The molecule has 2 rings (SSSR count). The first-order chi connectivity index (χ1) is 9.98. The van der Waals surface area contributed by atoms with E-state index in [0.717, 1.165) is 12.8 Å². The molecule has 1 N–H and O–H groups in total. The van der Waals surface area contributed by atoms with E-state index in [4.69, 9.17) is 16.3 Å². The molecule has 0 radical (unpaired) electrons. The predicted octanol–water partition coefficient (Wildman–Crippen LogP) is 1.97. The summed E-state index contributed by atoms with van der Waals surface area (Å²) in [5.41, 5.74) is 0. The minimum absolute atomic E-state index is 0.0574. The molecule has 1 aromatic heterocycles. The van der Waals surface area contributed by atoms with E-state index in [-0.39, 0.29) is 11.0 Å². The largest absolute Gasteiger partial charge is 0.380 e. The van der Waals surface area contributed by atoms with Crippen molar-refractivity contribution in [3.63, 3.8) is 0 Å². The summed E-state index contributed by atoms with van der Waals surface area (Å²) in [4.78, 5) is 4.20. The first-order valence-corrected chi connectivity index (χ1v) is 8.73. The van der Waals surface area contributed by atoms with Crippen LogP contribution in [0, 0.1) is 0 Å². The van der Waals surface area contributed by atoms with Crippen LogP contribution in [0.4, 0.5) is 5.82 Å². The highest BCUT2D eigenvalue weighted by atomic mass is 35.5. The fraction of sp³-hybridized carbons (Fsp3) is 0.615. The summed E-state index contributed by atoms with van der Waals surface area (Å²) >= 11 is 6.08. The number of hydrogen-bond acceptors (Lipinski definition) is 5. The van der Waals surface area contributed by atoms with Crippen LogP contribution in [0.3, 0.4) is 0 Å². The Morgan fingerprint density at radius 2 is 2.33 bits per heavy atom. The maximum absolute atomic E-state index is 12.6. The minimum atomic E-state index is -3.58. The Balaban J connectivity index is 2.25. The van der Waals surface area contributed by atoms with Gasteiger partial charge in [0.15, 0.2) is 0 Å². The third kappa shape index (κ3) is 3.66. The summed E-state index contributed by atoms with van der Waals surface area (Å²) in [7, 11) is -1.98. The highest BCUT2D eigenvalue weighted by Gasteiger charge is 2.30. The topological polar surface area (TPSA) is 71.5 Å². The van der Waals surface area contributed by atoms with E-state index in [1.54, 1.807) is 7.11 Å². The van der Waals surface area contributed by atoms with Crippen molar-refractivity contribution in [2.75, 3.05) is 32.1 Å². The Morgan fingerprint density at radius 3 is 2.95 bits per heavy atom. The van der Waals surface area contributed by atoms with E-state index in [2.05, 4.69) is 10.3 Å². The Bertz CT molecular complexity index is 594. The number of pyridine rings is 1. The number of sulfonamides is 1. The third-order valence-corrected chi connectivity index (χ3v) is 5.59. The first-order valence-electron chi connectivity index (χ1n) is 6.91. The molecule has 0 amide bonds. The van der Waals surface area contributed by atoms with Crippen LogP contribution in [0.2, 0.25) is 5.02 Å². The van der Waals surface area contributed by atoms with Crippen LogP contribution in [-0.4, -0.2) is 50.6 Å². The number of methoxy groups -OCH3 is 1. The molecule has 1 unspecified atom stereocenters. The van der Waals surface area contributed by atoms with Gasteiger partial charge in [0.1, 0.15) is 10.7 Å². The number of piperidine rings is 1. The van der Waals surface area contributed by atoms with Crippen LogP contribution in [0.25, 0.3) is 0 Å². The van der Waals surface area contributed by atoms with Gasteiger partial charge in [-0.25, -0.2) is 13.4 Å². The zero-order valence-corrected chi connectivity index (χ0v) is 13.7. The molecule has 1 fully saturated rings. The first kappa shape index (κ1) is 16.5. The van der Waals surface area contributed by atoms with Crippen LogP contribution in [0.5, 0.6) is 0 Å². The maximum atomic E-state index is 12.6. The molecule has 6 nitrogen and oxygen atoms in total. The molecular formula is C13H20ClN3O3S. The quantitative estimate of drug-likeness (QED) is 0.892. The van der Waals surface area contributed by atoms with E-state index in [1.165, 1.54) is 16.6 Å². The highest BCUT2D eigenvalue weighted by molar-refractivity contribution is 7.89. The lowest BCUT2D eigenvalue weighted by Gasteiger charge is -2.31. The number of halogens is 1. The summed E-state index contributed by atoms with van der Waals surface area (Å²) in [5.74, 6) is 0.492. The fourth-order valence-electron chi connectivity index (χ4n) is 2.32. The van der Waals surface area contributed by atoms with E-state index in [0.29, 0.717) is 30.5 Å². The average Bonchev–Trinajstić information content (AvgIpc) is 2.49. The van der Waals surface area contributed by atoms with Gasteiger partial charge in [-0.15, -0.1) is 0 Å². The van der Waals surface area contributed by atoms with Crippen molar-refractivity contribution in [1.29, 1.82) is 0 Å². The number of aromatic nitrogens is 1. The average molecular weight is 334 g/mol. The van der Waals surface area contributed by atoms with E-state index >= 15 is 0 Å². The van der Waals surface area contributed by atoms with E-state index in [9.17, 15) is 8.42 Å². The molecule has 2 heterocycles. The van der Waals surface area contributed by atoms with Crippen molar-refractivity contribution < 1.29 is 13.2 Å². The molecule has 8 heteroatoms. The highest BCUT2D eigenvalue weighted by Crippen LogP contribution is 2.26. The second kappa shape index (κ2) is 6.91. The number of nitrogens with one attached hydrogen (secondary N) is 1. The summed E-state index contributed by atoms with van der Waals surface area (Å²) in [6, 6.07) is 1.44. The van der Waals surface area contributed by atoms with Crippen molar-refractivity contribution in [2.24, 2.45) is 0 Å². The molecule has 1 atom stereocenters. The van der Waals surface area contributed by atoms with Gasteiger partial charge in [-0.2, -0.15) is 4.31 Å². The molecule has 0 saturated carbocycles. The molecule has 1 aromatic rings. The second-order valence-electron chi connectivity index (χ2n) is 4.89. The lowest BCUT2D eigenvalue weighted by atomic mass is 10.1. The van der Waals surface area contributed by atoms with Gasteiger partial charge in [0, 0.05) is 32.9 Å². The van der Waals surface area contributed by atoms with Gasteiger partial charge < -0.3 is 10.1 Å². The lowest BCUT2D eigenvalue weighted by molar-refractivity contribution is 0.0572. The number of nitrogens with zero attached hydrogens (tertiary/aromatic N) is 2. The van der Waals surface area contributed by atoms with Gasteiger partial charge in [0.2, 0.25) is 10.0 Å². The summed E-state index contributed by atoms with van der Waals surface area (Å²) < 4.78 is 31.9.